The van der Waals surface area contributed by atoms with E-state index in [4.69, 9.17) is 0 Å². The summed E-state index contributed by atoms with van der Waals surface area (Å²) in [5.41, 5.74) is 0. The lowest BCUT2D eigenvalue weighted by molar-refractivity contribution is 0.0637. The van der Waals surface area contributed by atoms with E-state index in [1.807, 2.05) is 6.92 Å². The maximum atomic E-state index is 12.4. The minimum absolute atomic E-state index is 0.146. The molecule has 1 fully saturated rings. The summed E-state index contributed by atoms with van der Waals surface area (Å²) in [7, 11) is 0. The Hall–Kier alpha value is -0.180. The van der Waals surface area contributed by atoms with Crippen LogP contribution in [0.3, 0.4) is 0 Å². The average molecular weight is 177 g/mol. The van der Waals surface area contributed by atoms with Gasteiger partial charge < -0.3 is 4.90 Å². The van der Waals surface area contributed by atoms with Crippen LogP contribution in [0, 0.1) is 11.8 Å². The predicted molar refractivity (Wildman–Crippen MR) is 45.4 cm³/mol. The van der Waals surface area contributed by atoms with Gasteiger partial charge in [0.15, 0.2) is 0 Å². The van der Waals surface area contributed by atoms with Crippen molar-refractivity contribution in [2.24, 2.45) is 11.8 Å². The van der Waals surface area contributed by atoms with Gasteiger partial charge in [-0.3, -0.25) is 0 Å². The Kier molecular flexibility index (Phi) is 3.04. The third-order valence-corrected chi connectivity index (χ3v) is 2.75. The van der Waals surface area contributed by atoms with E-state index < -0.39 is 12.3 Å². The molecule has 0 aromatic rings. The highest BCUT2D eigenvalue weighted by atomic mass is 19.3. The molecule has 0 aliphatic carbocycles. The quantitative estimate of drug-likeness (QED) is 0.625. The number of halogens is 2. The van der Waals surface area contributed by atoms with E-state index in [1.54, 1.807) is 0 Å². The fraction of sp³-hybridized carbons (Fsp3) is 1.00. The van der Waals surface area contributed by atoms with E-state index in [-0.39, 0.29) is 5.92 Å². The molecule has 12 heavy (non-hydrogen) atoms. The molecule has 1 saturated heterocycles. The van der Waals surface area contributed by atoms with Crippen molar-refractivity contribution >= 4 is 0 Å². The van der Waals surface area contributed by atoms with Crippen molar-refractivity contribution in [3.8, 4) is 0 Å². The number of likely N-dealkylation sites (tertiary alicyclic amines) is 1. The smallest absolute Gasteiger partial charge is 0.242 e. The van der Waals surface area contributed by atoms with Crippen molar-refractivity contribution in [2.75, 3.05) is 13.1 Å². The Balaban J connectivity index is 2.50. The lowest BCUT2D eigenvalue weighted by Gasteiger charge is -2.19. The summed E-state index contributed by atoms with van der Waals surface area (Å²) in [6.07, 6.45) is -2.15. The van der Waals surface area contributed by atoms with Crippen LogP contribution >= 0.6 is 0 Å². The molecule has 3 heteroatoms. The monoisotopic (exact) mass is 177 g/mol. The summed E-state index contributed by atoms with van der Waals surface area (Å²) < 4.78 is 24.8. The molecule has 2 atom stereocenters. The standard InChI is InChI=1S/C9H17F2N/c1-6(2)12-4-7(3)8(5-12)9(10)11/h6-9H,4-5H2,1-3H3. The van der Waals surface area contributed by atoms with Gasteiger partial charge in [-0.15, -0.1) is 0 Å². The van der Waals surface area contributed by atoms with Crippen LogP contribution in [0.15, 0.2) is 0 Å². The fourth-order valence-electron chi connectivity index (χ4n) is 1.78. The van der Waals surface area contributed by atoms with E-state index >= 15 is 0 Å². The molecule has 1 aliphatic rings. The van der Waals surface area contributed by atoms with Crippen LogP contribution in [0.4, 0.5) is 8.78 Å². The number of hydrogen-bond acceptors (Lipinski definition) is 1. The highest BCUT2D eigenvalue weighted by Crippen LogP contribution is 2.29. The minimum atomic E-state index is -2.15. The largest absolute Gasteiger partial charge is 0.300 e. The first-order chi connectivity index (χ1) is 5.52. The topological polar surface area (TPSA) is 3.24 Å². The number of hydrogen-bond donors (Lipinski definition) is 0. The van der Waals surface area contributed by atoms with Gasteiger partial charge in [0.05, 0.1) is 0 Å². The van der Waals surface area contributed by atoms with Gasteiger partial charge in [0, 0.05) is 25.0 Å². The highest BCUT2D eigenvalue weighted by molar-refractivity contribution is 4.84. The van der Waals surface area contributed by atoms with Crippen molar-refractivity contribution in [1.82, 2.24) is 4.90 Å². The van der Waals surface area contributed by atoms with Gasteiger partial charge in [-0.25, -0.2) is 8.78 Å². The van der Waals surface area contributed by atoms with Crippen molar-refractivity contribution in [1.29, 1.82) is 0 Å². The van der Waals surface area contributed by atoms with Gasteiger partial charge in [-0.1, -0.05) is 6.92 Å². The first-order valence-corrected chi connectivity index (χ1v) is 4.54. The molecule has 1 rings (SSSR count). The molecule has 0 N–H and O–H groups in total. The minimum Gasteiger partial charge on any atom is -0.300 e. The van der Waals surface area contributed by atoms with E-state index in [9.17, 15) is 8.78 Å². The maximum absolute atomic E-state index is 12.4. The molecule has 1 aliphatic heterocycles. The molecule has 0 amide bonds. The highest BCUT2D eigenvalue weighted by Gasteiger charge is 2.36. The summed E-state index contributed by atoms with van der Waals surface area (Å²) in [6.45, 7) is 7.42. The zero-order valence-corrected chi connectivity index (χ0v) is 7.93. The molecular weight excluding hydrogens is 160 g/mol. The first kappa shape index (κ1) is 9.90. The lowest BCUT2D eigenvalue weighted by Crippen LogP contribution is -2.29. The summed E-state index contributed by atoms with van der Waals surface area (Å²) in [5, 5.41) is 0. The van der Waals surface area contributed by atoms with Crippen molar-refractivity contribution < 1.29 is 8.78 Å². The molecule has 0 saturated carbocycles. The molecule has 0 bridgehead atoms. The van der Waals surface area contributed by atoms with E-state index in [0.717, 1.165) is 6.54 Å². The molecule has 0 radical (unpaired) electrons. The predicted octanol–water partition coefficient (Wildman–Crippen LogP) is 2.23. The van der Waals surface area contributed by atoms with E-state index in [0.29, 0.717) is 12.6 Å². The Labute approximate surface area is 72.7 Å². The Bertz CT molecular complexity index is 147. The van der Waals surface area contributed by atoms with Crippen molar-refractivity contribution in [3.05, 3.63) is 0 Å². The van der Waals surface area contributed by atoms with Gasteiger partial charge in [0.25, 0.3) is 0 Å². The van der Waals surface area contributed by atoms with Gasteiger partial charge >= 0.3 is 0 Å². The van der Waals surface area contributed by atoms with Crippen LogP contribution in [0.2, 0.25) is 0 Å². The van der Waals surface area contributed by atoms with Gasteiger partial charge in [0.2, 0.25) is 6.43 Å². The van der Waals surface area contributed by atoms with Crippen molar-refractivity contribution in [3.63, 3.8) is 0 Å². The van der Waals surface area contributed by atoms with Crippen LogP contribution in [-0.4, -0.2) is 30.5 Å². The number of rotatable bonds is 2. The Morgan fingerprint density at radius 1 is 1.25 bits per heavy atom. The molecule has 2 unspecified atom stereocenters. The molecule has 1 heterocycles. The third-order valence-electron chi connectivity index (χ3n) is 2.75. The normalized spacial score (nSPS) is 32.2. The SMILES string of the molecule is CC1CN(C(C)C)CC1C(F)F. The van der Waals surface area contributed by atoms with Crippen LogP contribution in [0.5, 0.6) is 0 Å². The molecule has 0 spiro atoms. The molecule has 1 nitrogen and oxygen atoms in total. The fourth-order valence-corrected chi connectivity index (χ4v) is 1.78. The van der Waals surface area contributed by atoms with Crippen molar-refractivity contribution in [2.45, 2.75) is 33.2 Å². The number of alkyl halides is 2. The zero-order valence-electron chi connectivity index (χ0n) is 7.93. The molecule has 0 aromatic heterocycles. The van der Waals surface area contributed by atoms with Crippen LogP contribution in [0.1, 0.15) is 20.8 Å². The third kappa shape index (κ3) is 1.94. The van der Waals surface area contributed by atoms with E-state index in [1.165, 1.54) is 0 Å². The second kappa shape index (κ2) is 3.69. The van der Waals surface area contributed by atoms with Crippen LogP contribution < -0.4 is 0 Å². The summed E-state index contributed by atoms with van der Waals surface area (Å²) in [6, 6.07) is 0.399. The second-order valence-corrected chi connectivity index (χ2v) is 4.02. The van der Waals surface area contributed by atoms with E-state index in [2.05, 4.69) is 18.7 Å². The lowest BCUT2D eigenvalue weighted by atomic mass is 9.99. The second-order valence-electron chi connectivity index (χ2n) is 4.02. The van der Waals surface area contributed by atoms with Gasteiger partial charge in [-0.2, -0.15) is 0 Å². The molecular formula is C9H17F2N. The summed E-state index contributed by atoms with van der Waals surface area (Å²) >= 11 is 0. The zero-order chi connectivity index (χ0) is 9.30. The van der Waals surface area contributed by atoms with Crippen LogP contribution in [0.25, 0.3) is 0 Å². The van der Waals surface area contributed by atoms with Crippen LogP contribution in [-0.2, 0) is 0 Å². The molecule has 72 valence electrons. The maximum Gasteiger partial charge on any atom is 0.242 e. The average Bonchev–Trinajstić information content (AvgIpc) is 2.30. The van der Waals surface area contributed by atoms with Gasteiger partial charge in [0.1, 0.15) is 0 Å². The Morgan fingerprint density at radius 2 is 1.83 bits per heavy atom. The summed E-state index contributed by atoms with van der Waals surface area (Å²) in [5.74, 6) is -0.264. The first-order valence-electron chi connectivity index (χ1n) is 4.54. The summed E-state index contributed by atoms with van der Waals surface area (Å²) in [4.78, 5) is 2.13. The molecule has 0 aromatic carbocycles. The number of nitrogens with zero attached hydrogens (tertiary/aromatic N) is 1. The Morgan fingerprint density at radius 3 is 2.08 bits per heavy atom. The van der Waals surface area contributed by atoms with Gasteiger partial charge in [-0.05, 0) is 19.8 Å².